The second-order valence-electron chi connectivity index (χ2n) is 5.56. The lowest BCUT2D eigenvalue weighted by molar-refractivity contribution is 0.0963. The van der Waals surface area contributed by atoms with Crippen LogP contribution in [0, 0.1) is 6.92 Å². The molecule has 0 spiro atoms. The van der Waals surface area contributed by atoms with E-state index in [-0.39, 0.29) is 10.8 Å². The maximum Gasteiger partial charge on any atom is 0.264 e. The topological polar surface area (TPSA) is 66.5 Å². The van der Waals surface area contributed by atoms with Gasteiger partial charge < -0.3 is 5.32 Å². The second-order valence-corrected chi connectivity index (χ2v) is 7.43. The highest BCUT2D eigenvalue weighted by Gasteiger charge is 2.31. The van der Waals surface area contributed by atoms with Gasteiger partial charge in [0.2, 0.25) is 0 Å². The first-order valence-electron chi connectivity index (χ1n) is 7.38. The van der Waals surface area contributed by atoms with Gasteiger partial charge in [-0.15, -0.1) is 0 Å². The second kappa shape index (κ2) is 5.70. The Balaban J connectivity index is 1.99. The predicted molar refractivity (Wildman–Crippen MR) is 89.2 cm³/mol. The molecule has 0 fully saturated rings. The first-order valence-corrected chi connectivity index (χ1v) is 8.82. The molecule has 23 heavy (non-hydrogen) atoms. The smallest absolute Gasteiger partial charge is 0.264 e. The molecule has 0 atom stereocenters. The minimum atomic E-state index is -3.57. The van der Waals surface area contributed by atoms with Crippen LogP contribution in [0.25, 0.3) is 0 Å². The number of carbonyl (C=O) groups excluding carboxylic acids is 1. The third-order valence-electron chi connectivity index (χ3n) is 4.03. The van der Waals surface area contributed by atoms with E-state index in [0.717, 1.165) is 11.1 Å². The van der Waals surface area contributed by atoms with E-state index in [4.69, 9.17) is 0 Å². The molecule has 1 heterocycles. The molecule has 1 N–H and O–H groups in total. The van der Waals surface area contributed by atoms with Crippen LogP contribution in [0.1, 0.15) is 21.5 Å². The molecule has 5 nitrogen and oxygen atoms in total. The molecule has 120 valence electrons. The van der Waals surface area contributed by atoms with Gasteiger partial charge >= 0.3 is 0 Å². The van der Waals surface area contributed by atoms with Gasteiger partial charge in [-0.1, -0.05) is 17.7 Å². The zero-order valence-corrected chi connectivity index (χ0v) is 13.9. The first-order chi connectivity index (χ1) is 10.9. The number of nitrogens with one attached hydrogen (secondary N) is 1. The van der Waals surface area contributed by atoms with Crippen LogP contribution in [0.15, 0.2) is 47.4 Å². The van der Waals surface area contributed by atoms with Crippen LogP contribution in [-0.4, -0.2) is 27.9 Å². The monoisotopic (exact) mass is 330 g/mol. The lowest BCUT2D eigenvalue weighted by Gasteiger charge is -2.19. The van der Waals surface area contributed by atoms with Gasteiger partial charge in [-0.3, -0.25) is 9.10 Å². The molecular formula is C17H18N2O3S. The number of carbonyl (C=O) groups is 1. The summed E-state index contributed by atoms with van der Waals surface area (Å²) in [6, 6.07) is 12.0. The van der Waals surface area contributed by atoms with Crippen molar-refractivity contribution in [3.63, 3.8) is 0 Å². The summed E-state index contributed by atoms with van der Waals surface area (Å²) < 4.78 is 27.1. The molecule has 3 rings (SSSR count). The van der Waals surface area contributed by atoms with E-state index < -0.39 is 10.0 Å². The molecule has 6 heteroatoms. The highest BCUT2D eigenvalue weighted by atomic mass is 32.2. The molecule has 1 aliphatic rings. The van der Waals surface area contributed by atoms with Gasteiger partial charge in [0.25, 0.3) is 15.9 Å². The van der Waals surface area contributed by atoms with E-state index in [1.165, 1.54) is 4.31 Å². The molecule has 0 radical (unpaired) electrons. The van der Waals surface area contributed by atoms with Gasteiger partial charge in [-0.25, -0.2) is 8.42 Å². The van der Waals surface area contributed by atoms with Gasteiger partial charge in [0, 0.05) is 19.2 Å². The van der Waals surface area contributed by atoms with E-state index in [1.54, 1.807) is 49.5 Å². The van der Waals surface area contributed by atoms with Crippen molar-refractivity contribution in [3.05, 3.63) is 59.2 Å². The normalized spacial score (nSPS) is 13.7. The van der Waals surface area contributed by atoms with E-state index in [1.807, 2.05) is 6.92 Å². The van der Waals surface area contributed by atoms with Crippen molar-refractivity contribution in [2.24, 2.45) is 0 Å². The Kier molecular flexibility index (Phi) is 3.85. The van der Waals surface area contributed by atoms with Crippen molar-refractivity contribution in [3.8, 4) is 0 Å². The van der Waals surface area contributed by atoms with Crippen molar-refractivity contribution in [1.29, 1.82) is 0 Å². The number of hydrogen-bond acceptors (Lipinski definition) is 3. The Labute approximate surface area is 136 Å². The molecule has 0 saturated carbocycles. The van der Waals surface area contributed by atoms with Crippen LogP contribution in [-0.2, 0) is 16.4 Å². The number of rotatable bonds is 3. The molecule has 1 aliphatic heterocycles. The Morgan fingerprint density at radius 2 is 1.83 bits per heavy atom. The fourth-order valence-electron chi connectivity index (χ4n) is 2.74. The van der Waals surface area contributed by atoms with Crippen molar-refractivity contribution in [2.75, 3.05) is 17.9 Å². The van der Waals surface area contributed by atoms with E-state index in [0.29, 0.717) is 24.2 Å². The quantitative estimate of drug-likeness (QED) is 0.937. The summed E-state index contributed by atoms with van der Waals surface area (Å²) in [5.74, 6) is -0.173. The van der Waals surface area contributed by atoms with Crippen molar-refractivity contribution >= 4 is 21.6 Å². The minimum absolute atomic E-state index is 0.173. The zero-order valence-electron chi connectivity index (χ0n) is 13.0. The van der Waals surface area contributed by atoms with Crippen LogP contribution in [0.3, 0.4) is 0 Å². The SMILES string of the molecule is CNC(=O)c1ccc2c(c1)CCN2S(=O)(=O)c1ccc(C)cc1. The highest BCUT2D eigenvalue weighted by molar-refractivity contribution is 7.92. The molecule has 0 saturated heterocycles. The third kappa shape index (κ3) is 2.70. The number of amides is 1. The summed E-state index contributed by atoms with van der Waals surface area (Å²) in [6.45, 7) is 2.31. The van der Waals surface area contributed by atoms with Gasteiger partial charge in [-0.05, 0) is 49.2 Å². The predicted octanol–water partition coefficient (Wildman–Crippen LogP) is 2.11. The Morgan fingerprint density at radius 1 is 1.13 bits per heavy atom. The number of hydrogen-bond donors (Lipinski definition) is 1. The fraction of sp³-hybridized carbons (Fsp3) is 0.235. The van der Waals surface area contributed by atoms with Crippen LogP contribution in [0.5, 0.6) is 0 Å². The van der Waals surface area contributed by atoms with Gasteiger partial charge in [0.15, 0.2) is 0 Å². The average Bonchev–Trinajstić information content (AvgIpc) is 2.98. The van der Waals surface area contributed by atoms with Crippen LogP contribution in [0.2, 0.25) is 0 Å². The summed E-state index contributed by atoms with van der Waals surface area (Å²) in [5, 5.41) is 2.57. The minimum Gasteiger partial charge on any atom is -0.355 e. The molecule has 0 bridgehead atoms. The lowest BCUT2D eigenvalue weighted by atomic mass is 10.1. The van der Waals surface area contributed by atoms with Gasteiger partial charge in [-0.2, -0.15) is 0 Å². The highest BCUT2D eigenvalue weighted by Crippen LogP contribution is 2.33. The summed E-state index contributed by atoms with van der Waals surface area (Å²) in [5.41, 5.74) is 3.09. The number of nitrogens with zero attached hydrogens (tertiary/aromatic N) is 1. The van der Waals surface area contributed by atoms with Crippen molar-refractivity contribution in [2.45, 2.75) is 18.2 Å². The number of anilines is 1. The largest absolute Gasteiger partial charge is 0.355 e. The fourth-order valence-corrected chi connectivity index (χ4v) is 4.25. The maximum atomic E-state index is 12.8. The summed E-state index contributed by atoms with van der Waals surface area (Å²) >= 11 is 0. The third-order valence-corrected chi connectivity index (χ3v) is 5.86. The lowest BCUT2D eigenvalue weighted by Crippen LogP contribution is -2.29. The van der Waals surface area contributed by atoms with E-state index in [9.17, 15) is 13.2 Å². The number of sulfonamides is 1. The number of benzene rings is 2. The molecular weight excluding hydrogens is 312 g/mol. The summed E-state index contributed by atoms with van der Waals surface area (Å²) in [4.78, 5) is 12.0. The first kappa shape index (κ1) is 15.6. The molecule has 2 aromatic carbocycles. The summed E-state index contributed by atoms with van der Waals surface area (Å²) in [6.07, 6.45) is 0.602. The molecule has 0 unspecified atom stereocenters. The molecule has 0 aliphatic carbocycles. The zero-order chi connectivity index (χ0) is 16.6. The average molecular weight is 330 g/mol. The Morgan fingerprint density at radius 3 is 2.48 bits per heavy atom. The molecule has 0 aromatic heterocycles. The van der Waals surface area contributed by atoms with E-state index in [2.05, 4.69) is 5.32 Å². The van der Waals surface area contributed by atoms with Gasteiger partial charge in [0.05, 0.1) is 10.6 Å². The van der Waals surface area contributed by atoms with Crippen molar-refractivity contribution < 1.29 is 13.2 Å². The standard InChI is InChI=1S/C17H18N2O3S/c1-12-3-6-15(7-4-12)23(21,22)19-10-9-13-11-14(17(20)18-2)5-8-16(13)19/h3-8,11H,9-10H2,1-2H3,(H,18,20). The number of fused-ring (bicyclic) bond motifs is 1. The van der Waals surface area contributed by atoms with Crippen LogP contribution >= 0.6 is 0 Å². The maximum absolute atomic E-state index is 12.8. The van der Waals surface area contributed by atoms with E-state index >= 15 is 0 Å². The molecule has 1 amide bonds. The van der Waals surface area contributed by atoms with Crippen LogP contribution < -0.4 is 9.62 Å². The van der Waals surface area contributed by atoms with Crippen molar-refractivity contribution in [1.82, 2.24) is 5.32 Å². The van der Waals surface area contributed by atoms with Gasteiger partial charge in [0.1, 0.15) is 0 Å². The van der Waals surface area contributed by atoms with Crippen LogP contribution in [0.4, 0.5) is 5.69 Å². The Hall–Kier alpha value is -2.34. The summed E-state index contributed by atoms with van der Waals surface area (Å²) in [7, 11) is -2.00. The molecule has 2 aromatic rings. The number of aryl methyl sites for hydroxylation is 1. The Bertz CT molecular complexity index is 858.